The molecule has 1 N–H and O–H groups in total. The van der Waals surface area contributed by atoms with Crippen LogP contribution in [0.2, 0.25) is 0 Å². The number of benzene rings is 1. The van der Waals surface area contributed by atoms with Crippen LogP contribution in [-0.4, -0.2) is 31.2 Å². The van der Waals surface area contributed by atoms with Gasteiger partial charge in [-0.05, 0) is 30.6 Å². The summed E-state index contributed by atoms with van der Waals surface area (Å²) in [6.07, 6.45) is -4.16. The number of rotatable bonds is 6. The van der Waals surface area contributed by atoms with Crippen LogP contribution >= 0.6 is 11.3 Å². The first-order valence-corrected chi connectivity index (χ1v) is 7.69. The van der Waals surface area contributed by atoms with E-state index < -0.39 is 12.7 Å². The number of thiophene rings is 1. The molecule has 0 aliphatic rings. The van der Waals surface area contributed by atoms with E-state index in [1.807, 2.05) is 31.3 Å². The van der Waals surface area contributed by atoms with Crippen LogP contribution < -0.4 is 5.32 Å². The molecular weight excluding hydrogens is 297 g/mol. The molecule has 1 heterocycles. The summed E-state index contributed by atoms with van der Waals surface area (Å²) in [6.45, 7) is 2.28. The number of fused-ring (bicyclic) bond motifs is 1. The minimum atomic E-state index is -4.16. The van der Waals surface area contributed by atoms with Crippen molar-refractivity contribution in [3.05, 3.63) is 34.7 Å². The van der Waals surface area contributed by atoms with E-state index in [0.29, 0.717) is 19.6 Å². The summed E-state index contributed by atoms with van der Waals surface area (Å²) in [6, 6.07) is 7.89. The molecule has 0 aliphatic heterocycles. The van der Waals surface area contributed by atoms with E-state index in [4.69, 9.17) is 0 Å². The molecule has 1 aromatic carbocycles. The monoisotopic (exact) mass is 316 g/mol. The van der Waals surface area contributed by atoms with Gasteiger partial charge in [0.1, 0.15) is 0 Å². The Morgan fingerprint density at radius 1 is 1.24 bits per heavy atom. The van der Waals surface area contributed by atoms with E-state index in [1.165, 1.54) is 4.90 Å². The third kappa shape index (κ3) is 4.18. The largest absolute Gasteiger partial charge is 0.401 e. The zero-order valence-electron chi connectivity index (χ0n) is 12.1. The molecule has 0 saturated heterocycles. The third-order valence-corrected chi connectivity index (χ3v) is 4.56. The average Bonchev–Trinajstić information content (AvgIpc) is 2.75. The van der Waals surface area contributed by atoms with Gasteiger partial charge in [-0.15, -0.1) is 11.3 Å². The zero-order valence-corrected chi connectivity index (χ0v) is 12.9. The minimum Gasteiger partial charge on any atom is -0.315 e. The molecule has 0 spiro atoms. The molecule has 0 radical (unpaired) electrons. The fourth-order valence-electron chi connectivity index (χ4n) is 2.38. The Hall–Kier alpha value is -1.11. The van der Waals surface area contributed by atoms with Gasteiger partial charge in [0.05, 0.1) is 6.54 Å². The van der Waals surface area contributed by atoms with Gasteiger partial charge in [-0.3, -0.25) is 4.90 Å². The highest BCUT2D eigenvalue weighted by molar-refractivity contribution is 7.19. The first-order chi connectivity index (χ1) is 9.94. The van der Waals surface area contributed by atoms with Crippen molar-refractivity contribution in [2.45, 2.75) is 26.2 Å². The SMILES string of the molecule is CCN(Cc1c(CNC)sc2ccccc12)CC(F)(F)F. The molecule has 2 aromatic rings. The van der Waals surface area contributed by atoms with Gasteiger partial charge in [0.25, 0.3) is 0 Å². The summed E-state index contributed by atoms with van der Waals surface area (Å²) in [7, 11) is 1.85. The second-order valence-corrected chi connectivity index (χ2v) is 6.09. The van der Waals surface area contributed by atoms with Crippen molar-refractivity contribution in [1.82, 2.24) is 10.2 Å². The fraction of sp³-hybridized carbons (Fsp3) is 0.467. The number of hydrogen-bond acceptors (Lipinski definition) is 3. The predicted octanol–water partition coefficient (Wildman–Crippen LogP) is 4.00. The van der Waals surface area contributed by atoms with Gasteiger partial charge in [0.15, 0.2) is 0 Å². The maximum atomic E-state index is 12.6. The van der Waals surface area contributed by atoms with Gasteiger partial charge in [-0.1, -0.05) is 25.1 Å². The number of nitrogens with one attached hydrogen (secondary N) is 1. The summed E-state index contributed by atoms with van der Waals surface area (Å²) in [5.41, 5.74) is 1.01. The molecule has 0 bridgehead atoms. The van der Waals surface area contributed by atoms with Crippen molar-refractivity contribution in [3.63, 3.8) is 0 Å². The fourth-order valence-corrected chi connectivity index (χ4v) is 3.61. The Bertz CT molecular complexity index is 592. The van der Waals surface area contributed by atoms with Gasteiger partial charge in [-0.2, -0.15) is 13.2 Å². The topological polar surface area (TPSA) is 15.3 Å². The Balaban J connectivity index is 2.32. The molecule has 21 heavy (non-hydrogen) atoms. The number of halogens is 3. The lowest BCUT2D eigenvalue weighted by atomic mass is 10.1. The second kappa shape index (κ2) is 6.77. The van der Waals surface area contributed by atoms with Crippen LogP contribution in [0.15, 0.2) is 24.3 Å². The van der Waals surface area contributed by atoms with E-state index in [2.05, 4.69) is 5.32 Å². The number of nitrogens with zero attached hydrogens (tertiary/aromatic N) is 1. The highest BCUT2D eigenvalue weighted by atomic mass is 32.1. The number of alkyl halides is 3. The third-order valence-electron chi connectivity index (χ3n) is 3.35. The number of hydrogen-bond donors (Lipinski definition) is 1. The van der Waals surface area contributed by atoms with Crippen molar-refractivity contribution in [2.75, 3.05) is 20.1 Å². The molecule has 1 aromatic heterocycles. The van der Waals surface area contributed by atoms with Crippen LogP contribution in [0.1, 0.15) is 17.4 Å². The van der Waals surface area contributed by atoms with Gasteiger partial charge in [0.2, 0.25) is 0 Å². The molecule has 0 amide bonds. The maximum absolute atomic E-state index is 12.6. The lowest BCUT2D eigenvalue weighted by molar-refractivity contribution is -0.146. The van der Waals surface area contributed by atoms with Crippen LogP contribution in [0.5, 0.6) is 0 Å². The summed E-state index contributed by atoms with van der Waals surface area (Å²) >= 11 is 1.65. The zero-order chi connectivity index (χ0) is 15.5. The van der Waals surface area contributed by atoms with Gasteiger partial charge >= 0.3 is 6.18 Å². The van der Waals surface area contributed by atoms with Crippen molar-refractivity contribution >= 4 is 21.4 Å². The van der Waals surface area contributed by atoms with Crippen molar-refractivity contribution in [2.24, 2.45) is 0 Å². The molecule has 2 rings (SSSR count). The van der Waals surface area contributed by atoms with Crippen LogP contribution in [0.25, 0.3) is 10.1 Å². The Kier molecular flexibility index (Phi) is 5.24. The Labute approximate surface area is 126 Å². The lowest BCUT2D eigenvalue weighted by Crippen LogP contribution is -2.33. The molecule has 6 heteroatoms. The summed E-state index contributed by atoms with van der Waals surface area (Å²) in [4.78, 5) is 2.55. The van der Waals surface area contributed by atoms with E-state index in [1.54, 1.807) is 18.3 Å². The van der Waals surface area contributed by atoms with Crippen molar-refractivity contribution < 1.29 is 13.2 Å². The first kappa shape index (κ1) is 16.3. The lowest BCUT2D eigenvalue weighted by Gasteiger charge is -2.22. The summed E-state index contributed by atoms with van der Waals surface area (Å²) < 4.78 is 39.0. The molecule has 2 nitrogen and oxygen atoms in total. The molecule has 116 valence electrons. The van der Waals surface area contributed by atoms with Gasteiger partial charge < -0.3 is 5.32 Å². The maximum Gasteiger partial charge on any atom is 0.401 e. The van der Waals surface area contributed by atoms with Crippen molar-refractivity contribution in [3.8, 4) is 0 Å². The molecular formula is C15H19F3N2S. The molecule has 0 atom stereocenters. The van der Waals surface area contributed by atoms with Crippen LogP contribution in [0, 0.1) is 0 Å². The summed E-state index contributed by atoms with van der Waals surface area (Å²) in [5.74, 6) is 0. The minimum absolute atomic E-state index is 0.330. The molecule has 0 fully saturated rings. The standard InChI is InChI=1S/C15H19F3N2S/c1-3-20(10-15(16,17)18)9-12-11-6-4-5-7-13(11)21-14(12)8-19-2/h4-7,19H,3,8-10H2,1-2H3. The predicted molar refractivity (Wildman–Crippen MR) is 81.6 cm³/mol. The van der Waals surface area contributed by atoms with Gasteiger partial charge in [-0.25, -0.2) is 0 Å². The summed E-state index contributed by atoms with van der Waals surface area (Å²) in [5, 5.41) is 4.16. The van der Waals surface area contributed by atoms with E-state index in [-0.39, 0.29) is 0 Å². The normalized spacial score (nSPS) is 12.5. The van der Waals surface area contributed by atoms with E-state index in [0.717, 1.165) is 20.5 Å². The van der Waals surface area contributed by atoms with E-state index in [9.17, 15) is 13.2 Å². The Morgan fingerprint density at radius 3 is 2.57 bits per heavy atom. The van der Waals surface area contributed by atoms with Crippen LogP contribution in [0.4, 0.5) is 13.2 Å². The first-order valence-electron chi connectivity index (χ1n) is 6.87. The molecule has 0 unspecified atom stereocenters. The highest BCUT2D eigenvalue weighted by Gasteiger charge is 2.30. The van der Waals surface area contributed by atoms with Gasteiger partial charge in [0, 0.05) is 22.7 Å². The average molecular weight is 316 g/mol. The Morgan fingerprint density at radius 2 is 1.95 bits per heavy atom. The second-order valence-electron chi connectivity index (χ2n) is 4.95. The quantitative estimate of drug-likeness (QED) is 0.866. The smallest absolute Gasteiger partial charge is 0.315 e. The van der Waals surface area contributed by atoms with Crippen molar-refractivity contribution in [1.29, 1.82) is 0 Å². The highest BCUT2D eigenvalue weighted by Crippen LogP contribution is 2.32. The van der Waals surface area contributed by atoms with E-state index >= 15 is 0 Å². The molecule has 0 saturated carbocycles. The molecule has 0 aliphatic carbocycles. The van der Waals surface area contributed by atoms with Crippen LogP contribution in [-0.2, 0) is 13.1 Å². The van der Waals surface area contributed by atoms with Crippen LogP contribution in [0.3, 0.4) is 0 Å².